The highest BCUT2D eigenvalue weighted by Gasteiger charge is 2.21. The molecule has 1 aliphatic carbocycles. The van der Waals surface area contributed by atoms with Crippen LogP contribution in [0.3, 0.4) is 0 Å². The van der Waals surface area contributed by atoms with Gasteiger partial charge in [-0.3, -0.25) is 4.79 Å². The molecule has 0 aromatic heterocycles. The van der Waals surface area contributed by atoms with Gasteiger partial charge in [-0.2, -0.15) is 0 Å². The van der Waals surface area contributed by atoms with Crippen molar-refractivity contribution in [3.8, 4) is 0 Å². The molecule has 2 rings (SSSR count). The monoisotopic (exact) mass is 243 g/mol. The lowest BCUT2D eigenvalue weighted by atomic mass is 10.1. The molecule has 0 saturated heterocycles. The Kier molecular flexibility index (Phi) is 3.29. The Morgan fingerprint density at radius 3 is 2.73 bits per heavy atom. The fraction of sp³-hybridized carbons (Fsp3) is 0.364. The first-order chi connectivity index (χ1) is 7.16. The zero-order chi connectivity index (χ0) is 10.8. The molecule has 4 heteroatoms. The number of ketones is 1. The highest BCUT2D eigenvalue weighted by Crippen LogP contribution is 2.22. The largest absolute Gasteiger partial charge is 0.307 e. The molecule has 0 atom stereocenters. The van der Waals surface area contributed by atoms with Gasteiger partial charge in [0.2, 0.25) is 0 Å². The number of rotatable bonds is 4. The minimum atomic E-state index is 0.0172. The Balaban J connectivity index is 2.03. The van der Waals surface area contributed by atoms with Crippen LogP contribution in [0.1, 0.15) is 23.2 Å². The third-order valence-corrected chi connectivity index (χ3v) is 2.91. The molecular weight excluding hydrogens is 233 g/mol. The summed E-state index contributed by atoms with van der Waals surface area (Å²) in [7, 11) is 0. The van der Waals surface area contributed by atoms with Gasteiger partial charge in [-0.05, 0) is 31.0 Å². The van der Waals surface area contributed by atoms with E-state index in [2.05, 4.69) is 5.32 Å². The van der Waals surface area contributed by atoms with Crippen LogP contribution in [0.25, 0.3) is 0 Å². The molecule has 1 saturated carbocycles. The van der Waals surface area contributed by atoms with Crippen molar-refractivity contribution in [2.75, 3.05) is 6.54 Å². The summed E-state index contributed by atoms with van der Waals surface area (Å²) in [6, 6.07) is 5.47. The molecule has 2 nitrogen and oxygen atoms in total. The lowest BCUT2D eigenvalue weighted by molar-refractivity contribution is 0.0990. The van der Waals surface area contributed by atoms with Crippen LogP contribution in [0.2, 0.25) is 10.0 Å². The van der Waals surface area contributed by atoms with Crippen molar-refractivity contribution in [2.45, 2.75) is 18.9 Å². The topological polar surface area (TPSA) is 29.1 Å². The third-order valence-electron chi connectivity index (χ3n) is 2.36. The smallest absolute Gasteiger partial charge is 0.178 e. The summed E-state index contributed by atoms with van der Waals surface area (Å²) in [5.41, 5.74) is 0.536. The lowest BCUT2D eigenvalue weighted by Gasteiger charge is -2.04. The summed E-state index contributed by atoms with van der Waals surface area (Å²) < 4.78 is 0. The van der Waals surface area contributed by atoms with Gasteiger partial charge in [0.15, 0.2) is 5.78 Å². The number of carbonyl (C=O) groups is 1. The van der Waals surface area contributed by atoms with E-state index >= 15 is 0 Å². The van der Waals surface area contributed by atoms with Crippen LogP contribution in [0.15, 0.2) is 18.2 Å². The summed E-state index contributed by atoms with van der Waals surface area (Å²) in [4.78, 5) is 11.7. The SMILES string of the molecule is O=C(CNC1CC1)c1ccc(Cl)cc1Cl. The minimum absolute atomic E-state index is 0.0172. The minimum Gasteiger partial charge on any atom is -0.307 e. The van der Waals surface area contributed by atoms with Crippen molar-refractivity contribution >= 4 is 29.0 Å². The van der Waals surface area contributed by atoms with E-state index in [9.17, 15) is 4.79 Å². The van der Waals surface area contributed by atoms with Gasteiger partial charge in [-0.25, -0.2) is 0 Å². The Bertz CT molecular complexity index is 388. The van der Waals surface area contributed by atoms with Gasteiger partial charge in [0.05, 0.1) is 11.6 Å². The normalized spacial score (nSPS) is 15.3. The lowest BCUT2D eigenvalue weighted by Crippen LogP contribution is -2.25. The molecule has 0 bridgehead atoms. The molecule has 15 heavy (non-hydrogen) atoms. The maximum Gasteiger partial charge on any atom is 0.178 e. The van der Waals surface area contributed by atoms with Crippen LogP contribution in [0.4, 0.5) is 0 Å². The Hall–Kier alpha value is -0.570. The third kappa shape index (κ3) is 2.94. The standard InChI is InChI=1S/C11H11Cl2NO/c12-7-1-4-9(10(13)5-7)11(15)6-14-8-2-3-8/h1,4-5,8,14H,2-3,6H2. The fourth-order valence-corrected chi connectivity index (χ4v) is 1.85. The number of carbonyl (C=O) groups excluding carboxylic acids is 1. The average Bonchev–Trinajstić information content (AvgIpc) is 2.97. The molecule has 0 heterocycles. The van der Waals surface area contributed by atoms with E-state index in [4.69, 9.17) is 23.2 Å². The number of benzene rings is 1. The van der Waals surface area contributed by atoms with Gasteiger partial charge in [0.25, 0.3) is 0 Å². The molecule has 0 radical (unpaired) electrons. The van der Waals surface area contributed by atoms with Crippen molar-refractivity contribution in [2.24, 2.45) is 0 Å². The van der Waals surface area contributed by atoms with Gasteiger partial charge < -0.3 is 5.32 Å². The molecule has 0 spiro atoms. The molecule has 1 aromatic rings. The van der Waals surface area contributed by atoms with Crippen LogP contribution >= 0.6 is 23.2 Å². The molecular formula is C11H11Cl2NO. The van der Waals surface area contributed by atoms with E-state index < -0.39 is 0 Å². The highest BCUT2D eigenvalue weighted by molar-refractivity contribution is 6.36. The van der Waals surface area contributed by atoms with Gasteiger partial charge in [-0.1, -0.05) is 23.2 Å². The number of halogens is 2. The molecule has 0 aliphatic heterocycles. The summed E-state index contributed by atoms with van der Waals surface area (Å²) in [6.45, 7) is 0.353. The average molecular weight is 244 g/mol. The highest BCUT2D eigenvalue weighted by atomic mass is 35.5. The number of hydrogen-bond acceptors (Lipinski definition) is 2. The molecule has 80 valence electrons. The zero-order valence-corrected chi connectivity index (χ0v) is 9.61. The predicted molar refractivity (Wildman–Crippen MR) is 61.8 cm³/mol. The summed E-state index contributed by atoms with van der Waals surface area (Å²) in [5.74, 6) is 0.0172. The van der Waals surface area contributed by atoms with E-state index in [0.29, 0.717) is 28.2 Å². The number of Topliss-reactive ketones (excluding diaryl/α,β-unsaturated/α-hetero) is 1. The van der Waals surface area contributed by atoms with Gasteiger partial charge in [-0.15, -0.1) is 0 Å². The molecule has 1 aliphatic rings. The Morgan fingerprint density at radius 1 is 1.40 bits per heavy atom. The van der Waals surface area contributed by atoms with Crippen molar-refractivity contribution in [1.82, 2.24) is 5.32 Å². The second-order valence-corrected chi connectivity index (χ2v) is 4.55. The van der Waals surface area contributed by atoms with Crippen molar-refractivity contribution in [1.29, 1.82) is 0 Å². The number of nitrogens with one attached hydrogen (secondary N) is 1. The quantitative estimate of drug-likeness (QED) is 0.825. The molecule has 1 aromatic carbocycles. The second kappa shape index (κ2) is 4.52. The molecule has 1 fully saturated rings. The van der Waals surface area contributed by atoms with Gasteiger partial charge in [0.1, 0.15) is 0 Å². The fourth-order valence-electron chi connectivity index (χ4n) is 1.34. The van der Waals surface area contributed by atoms with Crippen LogP contribution < -0.4 is 5.32 Å². The molecule has 1 N–H and O–H groups in total. The Morgan fingerprint density at radius 2 is 2.13 bits per heavy atom. The van der Waals surface area contributed by atoms with E-state index in [1.165, 1.54) is 12.8 Å². The zero-order valence-electron chi connectivity index (χ0n) is 8.09. The first-order valence-corrected chi connectivity index (χ1v) is 5.64. The summed E-state index contributed by atoms with van der Waals surface area (Å²) >= 11 is 11.7. The maximum atomic E-state index is 11.7. The van der Waals surface area contributed by atoms with Crippen LogP contribution in [0, 0.1) is 0 Å². The molecule has 0 amide bonds. The van der Waals surface area contributed by atoms with Crippen molar-refractivity contribution < 1.29 is 4.79 Å². The van der Waals surface area contributed by atoms with Gasteiger partial charge >= 0.3 is 0 Å². The van der Waals surface area contributed by atoms with Gasteiger partial charge in [0, 0.05) is 16.6 Å². The first kappa shape index (κ1) is 10.9. The summed E-state index contributed by atoms with van der Waals surface area (Å²) in [6.07, 6.45) is 2.34. The van der Waals surface area contributed by atoms with E-state index in [1.54, 1.807) is 18.2 Å². The maximum absolute atomic E-state index is 11.7. The summed E-state index contributed by atoms with van der Waals surface area (Å²) in [5, 5.41) is 4.12. The van der Waals surface area contributed by atoms with Crippen molar-refractivity contribution in [3.05, 3.63) is 33.8 Å². The van der Waals surface area contributed by atoms with E-state index in [-0.39, 0.29) is 5.78 Å². The first-order valence-electron chi connectivity index (χ1n) is 4.88. The van der Waals surface area contributed by atoms with Crippen LogP contribution in [-0.4, -0.2) is 18.4 Å². The van der Waals surface area contributed by atoms with Crippen LogP contribution in [0.5, 0.6) is 0 Å². The predicted octanol–water partition coefficient (Wildman–Crippen LogP) is 2.93. The van der Waals surface area contributed by atoms with Crippen molar-refractivity contribution in [3.63, 3.8) is 0 Å². The second-order valence-electron chi connectivity index (χ2n) is 3.70. The molecule has 0 unspecified atom stereocenters. The van der Waals surface area contributed by atoms with E-state index in [0.717, 1.165) is 0 Å². The van der Waals surface area contributed by atoms with Crippen LogP contribution in [-0.2, 0) is 0 Å². The van der Waals surface area contributed by atoms with E-state index in [1.807, 2.05) is 0 Å². The Labute approximate surface area is 98.6 Å². The number of hydrogen-bond donors (Lipinski definition) is 1.